The van der Waals surface area contributed by atoms with Gasteiger partial charge in [-0.1, -0.05) is 50.3 Å². The predicted octanol–water partition coefficient (Wildman–Crippen LogP) is 3.98. The van der Waals surface area contributed by atoms with E-state index in [2.05, 4.69) is 12.2 Å². The van der Waals surface area contributed by atoms with E-state index in [4.69, 9.17) is 11.6 Å². The van der Waals surface area contributed by atoms with Crippen LogP contribution in [0.3, 0.4) is 0 Å². The minimum absolute atomic E-state index is 0.0207. The van der Waals surface area contributed by atoms with Crippen molar-refractivity contribution < 1.29 is 14.5 Å². The number of nitrogens with one attached hydrogen (secondary N) is 1. The number of nitro groups is 1. The molecule has 0 heterocycles. The number of halogens is 1. The molecule has 24 heavy (non-hydrogen) atoms. The number of rotatable bonds is 8. The zero-order chi connectivity index (χ0) is 17.7. The maximum Gasteiger partial charge on any atom is 0.281 e. The number of nitrogens with zero attached hydrogens (tertiary/aromatic N) is 1. The van der Waals surface area contributed by atoms with E-state index in [0.717, 1.165) is 32.1 Å². The highest BCUT2D eigenvalue weighted by Gasteiger charge is 2.36. The van der Waals surface area contributed by atoms with Crippen LogP contribution in [-0.4, -0.2) is 23.0 Å². The van der Waals surface area contributed by atoms with Gasteiger partial charge in [0, 0.05) is 18.2 Å². The molecule has 128 valence electrons. The molecule has 6 nitrogen and oxygen atoms in total. The average Bonchev–Trinajstić information content (AvgIpc) is 2.57. The van der Waals surface area contributed by atoms with E-state index >= 15 is 0 Å². The van der Waals surface area contributed by atoms with E-state index in [1.807, 2.05) is 0 Å². The van der Waals surface area contributed by atoms with Crippen LogP contribution in [0, 0.1) is 10.1 Å². The van der Waals surface area contributed by atoms with Gasteiger partial charge < -0.3 is 5.32 Å². The van der Waals surface area contributed by atoms with E-state index in [1.165, 1.54) is 18.2 Å². The fourth-order valence-corrected chi connectivity index (χ4v) is 2.93. The van der Waals surface area contributed by atoms with E-state index in [9.17, 15) is 19.7 Å². The fourth-order valence-electron chi connectivity index (χ4n) is 2.68. The van der Waals surface area contributed by atoms with Crippen molar-refractivity contribution in [2.45, 2.75) is 39.0 Å². The van der Waals surface area contributed by atoms with Crippen molar-refractivity contribution in [3.05, 3.63) is 50.2 Å². The molecule has 0 amide bonds. The number of nitro benzene ring substituents is 1. The summed E-state index contributed by atoms with van der Waals surface area (Å²) in [6.07, 6.45) is 5.23. The first kappa shape index (κ1) is 18.1. The van der Waals surface area contributed by atoms with E-state index in [0.29, 0.717) is 6.54 Å². The van der Waals surface area contributed by atoms with Crippen molar-refractivity contribution in [3.63, 3.8) is 0 Å². The number of allylic oxidation sites excluding steroid dienone is 2. The van der Waals surface area contributed by atoms with E-state index < -0.39 is 16.5 Å². The van der Waals surface area contributed by atoms with Crippen LogP contribution in [0.2, 0.25) is 0 Å². The Balaban J connectivity index is 2.19. The first-order valence-electron chi connectivity index (χ1n) is 7.99. The summed E-state index contributed by atoms with van der Waals surface area (Å²) in [6, 6.07) is 3.97. The quantitative estimate of drug-likeness (QED) is 0.435. The van der Waals surface area contributed by atoms with E-state index in [-0.39, 0.29) is 27.5 Å². The van der Waals surface area contributed by atoms with Crippen LogP contribution < -0.4 is 5.32 Å². The van der Waals surface area contributed by atoms with Crippen molar-refractivity contribution in [2.24, 2.45) is 0 Å². The molecule has 0 bridgehead atoms. The van der Waals surface area contributed by atoms with Crippen molar-refractivity contribution in [3.8, 4) is 0 Å². The molecule has 0 spiro atoms. The number of fused-ring (bicyclic) bond motifs is 1. The van der Waals surface area contributed by atoms with Gasteiger partial charge in [0.2, 0.25) is 11.6 Å². The number of hydrogen-bond acceptors (Lipinski definition) is 5. The topological polar surface area (TPSA) is 89.3 Å². The largest absolute Gasteiger partial charge is 0.381 e. The molecule has 0 saturated carbocycles. The van der Waals surface area contributed by atoms with Gasteiger partial charge in [0.15, 0.2) is 0 Å². The number of Topliss-reactive ketones (excluding diaryl/α,β-unsaturated/α-hetero) is 2. The Morgan fingerprint density at radius 2 is 1.83 bits per heavy atom. The summed E-state index contributed by atoms with van der Waals surface area (Å²) in [5, 5.41) is 13.8. The highest BCUT2D eigenvalue weighted by Crippen LogP contribution is 2.32. The van der Waals surface area contributed by atoms with Crippen LogP contribution >= 0.6 is 11.6 Å². The molecule has 0 saturated heterocycles. The third kappa shape index (κ3) is 3.64. The van der Waals surface area contributed by atoms with Crippen LogP contribution in [0.15, 0.2) is 28.9 Å². The normalized spacial score (nSPS) is 13.9. The minimum atomic E-state index is -0.661. The molecule has 0 fully saturated rings. The van der Waals surface area contributed by atoms with Crippen molar-refractivity contribution in [1.82, 2.24) is 5.32 Å². The molecule has 1 aliphatic rings. The van der Waals surface area contributed by atoms with Crippen molar-refractivity contribution >= 4 is 28.9 Å². The van der Waals surface area contributed by atoms with Gasteiger partial charge in [0.1, 0.15) is 16.3 Å². The molecule has 0 aliphatic heterocycles. The Kier molecular flexibility index (Phi) is 6.09. The van der Waals surface area contributed by atoms with Gasteiger partial charge in [-0.15, -0.1) is 0 Å². The maximum atomic E-state index is 12.6. The number of carbonyl (C=O) groups excluding carboxylic acids is 2. The summed E-state index contributed by atoms with van der Waals surface area (Å²) in [4.78, 5) is 35.4. The molecule has 0 atom stereocenters. The third-order valence-corrected chi connectivity index (χ3v) is 4.30. The number of ketones is 2. The second kappa shape index (κ2) is 8.06. The minimum Gasteiger partial charge on any atom is -0.381 e. The zero-order valence-electron chi connectivity index (χ0n) is 13.4. The van der Waals surface area contributed by atoms with Gasteiger partial charge in [-0.25, -0.2) is 0 Å². The zero-order valence-corrected chi connectivity index (χ0v) is 14.2. The molecule has 1 aromatic carbocycles. The Hall–Kier alpha value is -2.21. The Morgan fingerprint density at radius 1 is 1.12 bits per heavy atom. The third-order valence-electron chi connectivity index (χ3n) is 3.94. The van der Waals surface area contributed by atoms with Crippen molar-refractivity contribution in [1.29, 1.82) is 0 Å². The molecule has 0 unspecified atom stereocenters. The maximum absolute atomic E-state index is 12.6. The van der Waals surface area contributed by atoms with Gasteiger partial charge >= 0.3 is 0 Å². The lowest BCUT2D eigenvalue weighted by atomic mass is 9.91. The highest BCUT2D eigenvalue weighted by molar-refractivity contribution is 6.50. The SMILES string of the molecule is CCCCCCCNC1=C(Cl)C(=O)c2cccc([N+](=O)[O-])c2C1=O. The number of hydrogen-bond donors (Lipinski definition) is 1. The fraction of sp³-hybridized carbons (Fsp3) is 0.412. The first-order valence-corrected chi connectivity index (χ1v) is 8.37. The number of carbonyl (C=O) groups is 2. The second-order valence-electron chi connectivity index (χ2n) is 5.65. The molecule has 1 N–H and O–H groups in total. The van der Waals surface area contributed by atoms with Gasteiger partial charge in [0.25, 0.3) is 5.69 Å². The summed E-state index contributed by atoms with van der Waals surface area (Å²) in [5.41, 5.74) is -0.630. The highest BCUT2D eigenvalue weighted by atomic mass is 35.5. The predicted molar refractivity (Wildman–Crippen MR) is 91.4 cm³/mol. The van der Waals surface area contributed by atoms with Crippen LogP contribution in [-0.2, 0) is 0 Å². The van der Waals surface area contributed by atoms with Crippen LogP contribution in [0.25, 0.3) is 0 Å². The van der Waals surface area contributed by atoms with Crippen LogP contribution in [0.4, 0.5) is 5.69 Å². The first-order chi connectivity index (χ1) is 11.5. The summed E-state index contributed by atoms with van der Waals surface area (Å²) in [5.74, 6) is -1.17. The van der Waals surface area contributed by atoms with Gasteiger partial charge in [-0.3, -0.25) is 19.7 Å². The number of benzene rings is 1. The summed E-state index contributed by atoms with van der Waals surface area (Å²) in [6.45, 7) is 2.61. The van der Waals surface area contributed by atoms with Gasteiger partial charge in [-0.2, -0.15) is 0 Å². The summed E-state index contributed by atoms with van der Waals surface area (Å²) in [7, 11) is 0. The second-order valence-corrected chi connectivity index (χ2v) is 6.02. The molecular weight excluding hydrogens is 332 g/mol. The molecule has 1 aliphatic carbocycles. The molecular formula is C17H19ClN2O4. The lowest BCUT2D eigenvalue weighted by molar-refractivity contribution is -0.385. The standard InChI is InChI=1S/C17H19ClN2O4/c1-2-3-4-5-6-10-19-15-14(18)16(21)11-8-7-9-12(20(23)24)13(11)17(15)22/h7-9,19H,2-6,10H2,1H3. The Bertz CT molecular complexity index is 713. The molecule has 0 radical (unpaired) electrons. The summed E-state index contributed by atoms with van der Waals surface area (Å²) >= 11 is 6.03. The van der Waals surface area contributed by atoms with Gasteiger partial charge in [-0.05, 0) is 12.5 Å². The Morgan fingerprint density at radius 3 is 2.50 bits per heavy atom. The summed E-state index contributed by atoms with van der Waals surface area (Å²) < 4.78 is 0. The molecule has 2 rings (SSSR count). The molecule has 1 aromatic rings. The monoisotopic (exact) mass is 350 g/mol. The lowest BCUT2D eigenvalue weighted by Gasteiger charge is -2.18. The lowest BCUT2D eigenvalue weighted by Crippen LogP contribution is -2.30. The average molecular weight is 351 g/mol. The molecule has 0 aromatic heterocycles. The van der Waals surface area contributed by atoms with Crippen LogP contribution in [0.1, 0.15) is 59.7 Å². The van der Waals surface area contributed by atoms with Gasteiger partial charge in [0.05, 0.1) is 4.92 Å². The Labute approximate surface area is 145 Å². The van der Waals surface area contributed by atoms with E-state index in [1.54, 1.807) is 0 Å². The molecule has 7 heteroatoms. The number of unbranched alkanes of at least 4 members (excludes halogenated alkanes) is 4. The van der Waals surface area contributed by atoms with Crippen molar-refractivity contribution in [2.75, 3.05) is 6.54 Å². The van der Waals surface area contributed by atoms with Crippen LogP contribution in [0.5, 0.6) is 0 Å². The smallest absolute Gasteiger partial charge is 0.281 e.